The maximum Gasteiger partial charge on any atom is 0.254 e. The summed E-state index contributed by atoms with van der Waals surface area (Å²) in [5.41, 5.74) is 2.22. The molecule has 27 heavy (non-hydrogen) atoms. The minimum atomic E-state index is 0. The molecular formula is C22H35ClN2O2. The molecule has 2 saturated heterocycles. The summed E-state index contributed by atoms with van der Waals surface area (Å²) in [5.74, 6) is 0.206. The number of morpholine rings is 1. The van der Waals surface area contributed by atoms with E-state index in [0.29, 0.717) is 6.04 Å². The van der Waals surface area contributed by atoms with Crippen LogP contribution in [0.4, 0.5) is 0 Å². The predicted molar refractivity (Wildman–Crippen MR) is 113 cm³/mol. The Bertz CT molecular complexity index is 591. The van der Waals surface area contributed by atoms with Crippen LogP contribution in [0.1, 0.15) is 62.4 Å². The van der Waals surface area contributed by atoms with E-state index in [1.165, 1.54) is 12.0 Å². The molecule has 2 aliphatic heterocycles. The lowest BCUT2D eigenvalue weighted by atomic mass is 9.86. The normalized spacial score (nSPS) is 21.6. The van der Waals surface area contributed by atoms with Gasteiger partial charge in [-0.1, -0.05) is 32.9 Å². The number of ether oxygens (including phenoxy) is 1. The minimum absolute atomic E-state index is 0. The maximum absolute atomic E-state index is 13.1. The first-order valence-electron chi connectivity index (χ1n) is 10.2. The Morgan fingerprint density at radius 1 is 1.07 bits per heavy atom. The first-order valence-corrected chi connectivity index (χ1v) is 10.2. The summed E-state index contributed by atoms with van der Waals surface area (Å²) < 4.78 is 5.44. The van der Waals surface area contributed by atoms with E-state index in [0.717, 1.165) is 64.2 Å². The zero-order valence-corrected chi connectivity index (χ0v) is 17.9. The molecule has 4 nitrogen and oxygen atoms in total. The van der Waals surface area contributed by atoms with E-state index in [1.807, 2.05) is 12.1 Å². The molecule has 5 heteroatoms. The molecule has 1 aromatic rings. The molecule has 2 aliphatic rings. The van der Waals surface area contributed by atoms with Crippen molar-refractivity contribution in [3.8, 4) is 0 Å². The second kappa shape index (κ2) is 9.90. The number of piperidine rings is 1. The van der Waals surface area contributed by atoms with E-state index in [4.69, 9.17) is 4.74 Å². The summed E-state index contributed by atoms with van der Waals surface area (Å²) in [4.78, 5) is 17.7. The van der Waals surface area contributed by atoms with E-state index in [2.05, 4.69) is 42.7 Å². The monoisotopic (exact) mass is 394 g/mol. The van der Waals surface area contributed by atoms with Crippen molar-refractivity contribution in [1.82, 2.24) is 9.80 Å². The smallest absolute Gasteiger partial charge is 0.254 e. The van der Waals surface area contributed by atoms with Crippen molar-refractivity contribution in [2.24, 2.45) is 0 Å². The number of amides is 1. The predicted octanol–water partition coefficient (Wildman–Crippen LogP) is 4.12. The molecule has 1 atom stereocenters. The van der Waals surface area contributed by atoms with Crippen LogP contribution in [0.3, 0.4) is 0 Å². The summed E-state index contributed by atoms with van der Waals surface area (Å²) >= 11 is 0. The Balaban J connectivity index is 0.00000261. The molecule has 0 radical (unpaired) electrons. The summed E-state index contributed by atoms with van der Waals surface area (Å²) in [6.07, 6.45) is 4.57. The van der Waals surface area contributed by atoms with E-state index in [1.54, 1.807) is 0 Å². The van der Waals surface area contributed by atoms with Crippen molar-refractivity contribution in [3.63, 3.8) is 0 Å². The summed E-state index contributed by atoms with van der Waals surface area (Å²) in [6.45, 7) is 12.3. The Kier molecular flexibility index (Phi) is 8.14. The van der Waals surface area contributed by atoms with E-state index >= 15 is 0 Å². The lowest BCUT2D eigenvalue weighted by Crippen LogP contribution is -2.46. The second-order valence-electron chi connectivity index (χ2n) is 8.72. The quantitative estimate of drug-likeness (QED) is 0.769. The average molecular weight is 395 g/mol. The van der Waals surface area contributed by atoms with Crippen LogP contribution >= 0.6 is 12.4 Å². The van der Waals surface area contributed by atoms with E-state index < -0.39 is 0 Å². The van der Waals surface area contributed by atoms with Crippen LogP contribution < -0.4 is 0 Å². The largest absolute Gasteiger partial charge is 0.379 e. The van der Waals surface area contributed by atoms with Crippen molar-refractivity contribution in [1.29, 1.82) is 0 Å². The minimum Gasteiger partial charge on any atom is -0.379 e. The first kappa shape index (κ1) is 22.2. The van der Waals surface area contributed by atoms with Gasteiger partial charge in [0.1, 0.15) is 0 Å². The fourth-order valence-corrected chi connectivity index (χ4v) is 4.00. The third kappa shape index (κ3) is 5.94. The van der Waals surface area contributed by atoms with Gasteiger partial charge in [0, 0.05) is 37.8 Å². The summed E-state index contributed by atoms with van der Waals surface area (Å²) in [5, 5.41) is 0. The van der Waals surface area contributed by atoms with E-state index in [-0.39, 0.29) is 23.7 Å². The molecule has 0 spiro atoms. The third-order valence-electron chi connectivity index (χ3n) is 5.77. The Morgan fingerprint density at radius 3 is 2.37 bits per heavy atom. The molecule has 152 valence electrons. The van der Waals surface area contributed by atoms with Crippen LogP contribution in [0, 0.1) is 0 Å². The van der Waals surface area contributed by atoms with Crippen LogP contribution in [0.15, 0.2) is 24.3 Å². The highest BCUT2D eigenvalue weighted by molar-refractivity contribution is 5.94. The van der Waals surface area contributed by atoms with Gasteiger partial charge in [0.05, 0.1) is 13.2 Å². The van der Waals surface area contributed by atoms with Crippen molar-refractivity contribution in [3.05, 3.63) is 35.4 Å². The lowest BCUT2D eigenvalue weighted by molar-refractivity contribution is 0.0295. The van der Waals surface area contributed by atoms with Gasteiger partial charge in [-0.3, -0.25) is 9.69 Å². The molecule has 3 rings (SSSR count). The van der Waals surface area contributed by atoms with Crippen LogP contribution in [-0.4, -0.2) is 61.1 Å². The topological polar surface area (TPSA) is 32.8 Å². The number of halogens is 1. The number of hydrogen-bond donors (Lipinski definition) is 0. The number of nitrogens with zero attached hydrogens (tertiary/aromatic N) is 2. The van der Waals surface area contributed by atoms with Crippen molar-refractivity contribution in [2.45, 2.75) is 57.9 Å². The molecular weight excluding hydrogens is 360 g/mol. The highest BCUT2D eigenvalue weighted by atomic mass is 35.5. The molecule has 0 aromatic heterocycles. The summed E-state index contributed by atoms with van der Waals surface area (Å²) in [7, 11) is 0. The maximum atomic E-state index is 13.1. The van der Waals surface area contributed by atoms with Crippen molar-refractivity contribution < 1.29 is 9.53 Å². The van der Waals surface area contributed by atoms with Gasteiger partial charge in [0.15, 0.2) is 0 Å². The van der Waals surface area contributed by atoms with Crippen LogP contribution in [0.2, 0.25) is 0 Å². The second-order valence-corrected chi connectivity index (χ2v) is 8.72. The highest BCUT2D eigenvalue weighted by Gasteiger charge is 2.28. The Labute approximate surface area is 170 Å². The Hall–Kier alpha value is -1.10. The van der Waals surface area contributed by atoms with E-state index in [9.17, 15) is 4.79 Å². The fraction of sp³-hybridized carbons (Fsp3) is 0.682. The standard InChI is InChI=1S/C22H34N2O2.ClH/c1-22(2,3)19-9-7-18(8-10-19)21(25)24-12-5-4-6-20(24)11-13-23-14-16-26-17-15-23;/h7-10,20H,4-6,11-17H2,1-3H3;1H. The SMILES string of the molecule is CC(C)(C)c1ccc(C(=O)N2CCCCC2CCN2CCOCC2)cc1.Cl. The van der Waals surface area contributed by atoms with Gasteiger partial charge in [-0.25, -0.2) is 0 Å². The van der Waals surface area contributed by atoms with Gasteiger partial charge in [-0.15, -0.1) is 12.4 Å². The number of hydrogen-bond acceptors (Lipinski definition) is 3. The molecule has 0 bridgehead atoms. The highest BCUT2D eigenvalue weighted by Crippen LogP contribution is 2.25. The lowest BCUT2D eigenvalue weighted by Gasteiger charge is -2.37. The summed E-state index contributed by atoms with van der Waals surface area (Å²) in [6, 6.07) is 8.62. The average Bonchev–Trinajstić information content (AvgIpc) is 2.66. The van der Waals surface area contributed by atoms with Crippen molar-refractivity contribution >= 4 is 18.3 Å². The third-order valence-corrected chi connectivity index (χ3v) is 5.77. The van der Waals surface area contributed by atoms with Gasteiger partial charge >= 0.3 is 0 Å². The van der Waals surface area contributed by atoms with Gasteiger partial charge in [-0.05, 0) is 48.8 Å². The fourth-order valence-electron chi connectivity index (χ4n) is 4.00. The number of benzene rings is 1. The van der Waals surface area contributed by atoms with Crippen LogP contribution in [0.5, 0.6) is 0 Å². The first-order chi connectivity index (χ1) is 12.4. The number of rotatable bonds is 4. The van der Waals surface area contributed by atoms with Gasteiger partial charge in [0.2, 0.25) is 0 Å². The zero-order valence-electron chi connectivity index (χ0n) is 17.1. The van der Waals surface area contributed by atoms with Gasteiger partial charge in [0.25, 0.3) is 5.91 Å². The van der Waals surface area contributed by atoms with Crippen LogP contribution in [-0.2, 0) is 10.2 Å². The molecule has 0 saturated carbocycles. The Morgan fingerprint density at radius 2 is 1.74 bits per heavy atom. The molecule has 1 amide bonds. The molecule has 1 unspecified atom stereocenters. The van der Waals surface area contributed by atoms with Crippen LogP contribution in [0.25, 0.3) is 0 Å². The molecule has 0 N–H and O–H groups in total. The molecule has 2 heterocycles. The molecule has 2 fully saturated rings. The number of likely N-dealkylation sites (tertiary alicyclic amines) is 1. The molecule has 1 aromatic carbocycles. The number of carbonyl (C=O) groups excluding carboxylic acids is 1. The zero-order chi connectivity index (χ0) is 18.6. The van der Waals surface area contributed by atoms with Gasteiger partial charge in [-0.2, -0.15) is 0 Å². The van der Waals surface area contributed by atoms with Gasteiger partial charge < -0.3 is 9.64 Å². The molecule has 0 aliphatic carbocycles. The van der Waals surface area contributed by atoms with Crippen molar-refractivity contribution in [2.75, 3.05) is 39.4 Å². The number of carbonyl (C=O) groups is 1.